The maximum Gasteiger partial charge on any atom is 0.407 e. The molecule has 0 radical (unpaired) electrons. The Kier molecular flexibility index (Phi) is 8.69. The van der Waals surface area contributed by atoms with Crippen molar-refractivity contribution in [2.24, 2.45) is 5.92 Å². The third-order valence-corrected chi connectivity index (χ3v) is 7.73. The topological polar surface area (TPSA) is 105 Å². The van der Waals surface area contributed by atoms with E-state index in [-0.39, 0.29) is 30.2 Å². The molecule has 2 aromatic rings. The van der Waals surface area contributed by atoms with Crippen molar-refractivity contribution < 1.29 is 24.2 Å². The predicted molar refractivity (Wildman–Crippen MR) is 137 cm³/mol. The van der Waals surface area contributed by atoms with E-state index in [2.05, 4.69) is 34.9 Å². The average Bonchev–Trinajstić information content (AvgIpc) is 2.98. The van der Waals surface area contributed by atoms with Gasteiger partial charge in [-0.3, -0.25) is 9.59 Å². The van der Waals surface area contributed by atoms with E-state index in [1.807, 2.05) is 24.3 Å². The summed E-state index contributed by atoms with van der Waals surface area (Å²) in [6.07, 6.45) is 3.67. The zero-order chi connectivity index (χ0) is 24.6. The predicted octanol–water partition coefficient (Wildman–Crippen LogP) is 4.41. The molecule has 2 aliphatic rings. The highest BCUT2D eigenvalue weighted by Gasteiger charge is 2.31. The first-order chi connectivity index (χ1) is 17.0. The van der Waals surface area contributed by atoms with Gasteiger partial charge in [-0.05, 0) is 35.1 Å². The number of carbonyl (C=O) groups is 3. The Morgan fingerprint density at radius 2 is 1.60 bits per heavy atom. The molecule has 2 amide bonds. The summed E-state index contributed by atoms with van der Waals surface area (Å²) in [5, 5.41) is 15.1. The second-order valence-corrected chi connectivity index (χ2v) is 10.2. The minimum atomic E-state index is -0.836. The summed E-state index contributed by atoms with van der Waals surface area (Å²) in [6, 6.07) is 16.1. The maximum atomic E-state index is 12.3. The summed E-state index contributed by atoms with van der Waals surface area (Å²) in [6.45, 7) is 0.650. The first-order valence-corrected chi connectivity index (χ1v) is 13.4. The van der Waals surface area contributed by atoms with Gasteiger partial charge in [-0.2, -0.15) is 11.8 Å². The van der Waals surface area contributed by atoms with Gasteiger partial charge >= 0.3 is 12.1 Å². The third-order valence-electron chi connectivity index (χ3n) is 6.77. The number of thioether (sulfide) groups is 1. The molecule has 0 aliphatic heterocycles. The van der Waals surface area contributed by atoms with Crippen LogP contribution in [0.1, 0.15) is 49.1 Å². The van der Waals surface area contributed by atoms with Crippen molar-refractivity contribution in [3.8, 4) is 11.1 Å². The van der Waals surface area contributed by atoms with Gasteiger partial charge in [-0.1, -0.05) is 67.8 Å². The van der Waals surface area contributed by atoms with Gasteiger partial charge in [0.1, 0.15) is 6.61 Å². The summed E-state index contributed by atoms with van der Waals surface area (Å²) in [5.41, 5.74) is 4.71. The fraction of sp³-hybridized carbons (Fsp3) is 0.444. The first-order valence-electron chi connectivity index (χ1n) is 12.2. The summed E-state index contributed by atoms with van der Waals surface area (Å²) in [5.74, 6) is -0.696. The van der Waals surface area contributed by atoms with Crippen molar-refractivity contribution in [1.82, 2.24) is 10.6 Å². The molecular formula is C27H32N2O5S. The molecule has 2 unspecified atom stereocenters. The van der Waals surface area contributed by atoms with Gasteiger partial charge in [0.15, 0.2) is 0 Å². The van der Waals surface area contributed by atoms with Crippen molar-refractivity contribution in [3.05, 3.63) is 59.7 Å². The molecule has 0 heterocycles. The number of rotatable bonds is 9. The zero-order valence-electron chi connectivity index (χ0n) is 19.7. The molecular weight excluding hydrogens is 464 g/mol. The number of amides is 2. The van der Waals surface area contributed by atoms with Crippen LogP contribution in [0.2, 0.25) is 0 Å². The minimum Gasteiger partial charge on any atom is -0.481 e. The van der Waals surface area contributed by atoms with Crippen LogP contribution in [0.3, 0.4) is 0 Å². The van der Waals surface area contributed by atoms with E-state index < -0.39 is 18.0 Å². The van der Waals surface area contributed by atoms with Gasteiger partial charge in [0.25, 0.3) is 0 Å². The van der Waals surface area contributed by atoms with Gasteiger partial charge in [-0.15, -0.1) is 0 Å². The quantitative estimate of drug-likeness (QED) is 0.351. The number of carboxylic acids is 1. The van der Waals surface area contributed by atoms with Crippen molar-refractivity contribution in [2.75, 3.05) is 24.7 Å². The SMILES string of the molecule is O=C(CSCCNC(=O)OCC1c2ccccc2-c2ccccc21)NC1CCCCCC1C(=O)O. The van der Waals surface area contributed by atoms with E-state index in [4.69, 9.17) is 4.74 Å². The number of fused-ring (bicyclic) bond motifs is 3. The second kappa shape index (κ2) is 12.1. The zero-order valence-corrected chi connectivity index (χ0v) is 20.5. The summed E-state index contributed by atoms with van der Waals surface area (Å²) in [7, 11) is 0. The standard InChI is InChI=1S/C27H32N2O5S/c30-25(29-24-13-3-1-2-12-22(24)26(31)32)17-35-15-14-28-27(33)34-16-23-20-10-6-4-8-18(20)19-9-5-7-11-21(19)23/h4-11,22-24H,1-3,12-17H2,(H,28,33)(H,29,30)(H,31,32). The average molecular weight is 497 g/mol. The molecule has 2 aliphatic carbocycles. The number of carboxylic acid groups (broad SMARTS) is 1. The number of hydrogen-bond donors (Lipinski definition) is 3. The van der Waals surface area contributed by atoms with Gasteiger partial charge in [-0.25, -0.2) is 4.79 Å². The number of carbonyl (C=O) groups excluding carboxylic acids is 2. The van der Waals surface area contributed by atoms with Crippen molar-refractivity contribution in [3.63, 3.8) is 0 Å². The van der Waals surface area contributed by atoms with E-state index >= 15 is 0 Å². The molecule has 35 heavy (non-hydrogen) atoms. The number of alkyl carbamates (subject to hydrolysis) is 1. The Hall–Kier alpha value is -3.00. The lowest BCUT2D eigenvalue weighted by molar-refractivity contribution is -0.143. The van der Waals surface area contributed by atoms with Crippen LogP contribution < -0.4 is 10.6 Å². The van der Waals surface area contributed by atoms with Crippen LogP contribution >= 0.6 is 11.8 Å². The Morgan fingerprint density at radius 3 is 2.29 bits per heavy atom. The van der Waals surface area contributed by atoms with Crippen LogP contribution in [-0.2, 0) is 14.3 Å². The van der Waals surface area contributed by atoms with Crippen molar-refractivity contribution in [2.45, 2.75) is 44.1 Å². The number of hydrogen-bond acceptors (Lipinski definition) is 5. The second-order valence-electron chi connectivity index (χ2n) is 9.06. The molecule has 4 rings (SSSR count). The fourth-order valence-electron chi connectivity index (χ4n) is 5.06. The molecule has 0 bridgehead atoms. The van der Waals surface area contributed by atoms with E-state index in [9.17, 15) is 19.5 Å². The van der Waals surface area contributed by atoms with Gasteiger partial charge in [0.05, 0.1) is 11.7 Å². The van der Waals surface area contributed by atoms with Crippen molar-refractivity contribution in [1.29, 1.82) is 0 Å². The molecule has 7 nitrogen and oxygen atoms in total. The normalized spacial score (nSPS) is 19.2. The van der Waals surface area contributed by atoms with Gasteiger partial charge in [0.2, 0.25) is 5.91 Å². The molecule has 2 aromatic carbocycles. The number of aliphatic carboxylic acids is 1. The summed E-state index contributed by atoms with van der Waals surface area (Å²) < 4.78 is 5.52. The molecule has 3 N–H and O–H groups in total. The van der Waals surface area contributed by atoms with Crippen LogP contribution in [0.5, 0.6) is 0 Å². The molecule has 0 aromatic heterocycles. The molecule has 186 valence electrons. The molecule has 1 saturated carbocycles. The number of ether oxygens (including phenoxy) is 1. The van der Waals surface area contributed by atoms with E-state index in [1.54, 1.807) is 0 Å². The van der Waals surface area contributed by atoms with Gasteiger partial charge < -0.3 is 20.5 Å². The Balaban J connectivity index is 1.16. The lowest BCUT2D eigenvalue weighted by Gasteiger charge is -2.22. The number of benzene rings is 2. The van der Waals surface area contributed by atoms with Crippen LogP contribution in [0.25, 0.3) is 11.1 Å². The molecule has 1 fully saturated rings. The third kappa shape index (κ3) is 6.36. The maximum absolute atomic E-state index is 12.3. The van der Waals surface area contributed by atoms with Crippen LogP contribution in [-0.4, -0.2) is 53.8 Å². The Labute approximate surface area is 210 Å². The molecule has 8 heteroatoms. The van der Waals surface area contributed by atoms with Crippen LogP contribution in [0.15, 0.2) is 48.5 Å². The highest BCUT2D eigenvalue weighted by atomic mass is 32.2. The van der Waals surface area contributed by atoms with E-state index in [0.717, 1.165) is 19.3 Å². The van der Waals surface area contributed by atoms with Crippen molar-refractivity contribution >= 4 is 29.7 Å². The highest BCUT2D eigenvalue weighted by molar-refractivity contribution is 7.99. The van der Waals surface area contributed by atoms with Gasteiger partial charge in [0, 0.05) is 24.3 Å². The molecule has 0 saturated heterocycles. The van der Waals surface area contributed by atoms with E-state index in [0.29, 0.717) is 25.1 Å². The highest BCUT2D eigenvalue weighted by Crippen LogP contribution is 2.44. The fourth-order valence-corrected chi connectivity index (χ4v) is 5.72. The summed E-state index contributed by atoms with van der Waals surface area (Å²) in [4.78, 5) is 36.1. The lowest BCUT2D eigenvalue weighted by Crippen LogP contribution is -2.43. The minimum absolute atomic E-state index is 0.0184. The largest absolute Gasteiger partial charge is 0.481 e. The molecule has 0 spiro atoms. The van der Waals surface area contributed by atoms with E-state index in [1.165, 1.54) is 34.0 Å². The first kappa shape index (κ1) is 25.1. The lowest BCUT2D eigenvalue weighted by atomic mass is 9.95. The number of nitrogens with one attached hydrogen (secondary N) is 2. The Morgan fingerprint density at radius 1 is 0.943 bits per heavy atom. The monoisotopic (exact) mass is 496 g/mol. The smallest absolute Gasteiger partial charge is 0.407 e. The molecule has 2 atom stereocenters. The van der Waals surface area contributed by atoms with Crippen LogP contribution in [0.4, 0.5) is 4.79 Å². The summed E-state index contributed by atoms with van der Waals surface area (Å²) >= 11 is 1.40. The Bertz CT molecular complexity index is 1010. The van der Waals surface area contributed by atoms with Crippen LogP contribution in [0, 0.1) is 5.92 Å².